The third-order valence-corrected chi connectivity index (χ3v) is 4.11. The fraction of sp³-hybridized carbons (Fsp3) is 0.263. The van der Waals surface area contributed by atoms with Crippen molar-refractivity contribution < 1.29 is 18.7 Å². The Morgan fingerprint density at radius 3 is 2.60 bits per heavy atom. The Balaban J connectivity index is 1.87. The van der Waals surface area contributed by atoms with Crippen LogP contribution in [-0.4, -0.2) is 30.9 Å². The van der Waals surface area contributed by atoms with E-state index in [2.05, 4.69) is 20.7 Å². The Hall–Kier alpha value is -2.34. The van der Waals surface area contributed by atoms with Crippen LogP contribution in [0.3, 0.4) is 0 Å². The van der Waals surface area contributed by atoms with Crippen molar-refractivity contribution in [2.75, 3.05) is 14.2 Å². The van der Waals surface area contributed by atoms with Crippen molar-refractivity contribution in [1.29, 1.82) is 0 Å². The minimum atomic E-state index is -0.279. The number of esters is 1. The zero-order chi connectivity index (χ0) is 18.2. The smallest absolute Gasteiger partial charge is 0.305 e. The summed E-state index contributed by atoms with van der Waals surface area (Å²) in [6, 6.07) is 11.4. The van der Waals surface area contributed by atoms with Gasteiger partial charge in [0, 0.05) is 30.6 Å². The molecule has 0 aliphatic rings. The predicted molar refractivity (Wildman–Crippen MR) is 98.7 cm³/mol. The number of carbonyl (C=O) groups is 2. The van der Waals surface area contributed by atoms with Crippen molar-refractivity contribution in [3.63, 3.8) is 0 Å². The summed E-state index contributed by atoms with van der Waals surface area (Å²) in [6.07, 6.45) is 3.84. The summed E-state index contributed by atoms with van der Waals surface area (Å²) in [6.45, 7) is 0.527. The number of nitrogens with zero attached hydrogens (tertiary/aromatic N) is 1. The number of halogens is 1. The van der Waals surface area contributed by atoms with Crippen LogP contribution >= 0.6 is 15.9 Å². The monoisotopic (exact) mass is 405 g/mol. The lowest BCUT2D eigenvalue weighted by Gasteiger charge is -2.15. The first kappa shape index (κ1) is 19.0. The molecular weight excluding hydrogens is 386 g/mol. The van der Waals surface area contributed by atoms with E-state index in [1.54, 1.807) is 30.2 Å². The topological polar surface area (TPSA) is 59.8 Å². The summed E-state index contributed by atoms with van der Waals surface area (Å²) in [5, 5.41) is 0. The van der Waals surface area contributed by atoms with E-state index < -0.39 is 0 Å². The maximum absolute atomic E-state index is 12.2. The summed E-state index contributed by atoms with van der Waals surface area (Å²) < 4.78 is 11.2. The van der Waals surface area contributed by atoms with Crippen molar-refractivity contribution in [3.05, 3.63) is 64.0 Å². The van der Waals surface area contributed by atoms with Gasteiger partial charge in [-0.25, -0.2) is 0 Å². The maximum atomic E-state index is 12.2. The van der Waals surface area contributed by atoms with Crippen LogP contribution in [0.4, 0.5) is 0 Å². The van der Waals surface area contributed by atoms with Gasteiger partial charge in [-0.05, 0) is 35.9 Å². The molecule has 2 rings (SSSR count). The van der Waals surface area contributed by atoms with Gasteiger partial charge < -0.3 is 14.1 Å². The van der Waals surface area contributed by atoms with E-state index in [9.17, 15) is 9.59 Å². The van der Waals surface area contributed by atoms with Gasteiger partial charge in [-0.2, -0.15) is 0 Å². The van der Waals surface area contributed by atoms with Crippen molar-refractivity contribution in [2.24, 2.45) is 0 Å². The van der Waals surface area contributed by atoms with Crippen LogP contribution in [0.15, 0.2) is 51.4 Å². The van der Waals surface area contributed by atoms with Gasteiger partial charge in [0.1, 0.15) is 11.5 Å². The van der Waals surface area contributed by atoms with Crippen LogP contribution in [0.25, 0.3) is 6.08 Å². The molecule has 0 unspecified atom stereocenters. The molecule has 1 heterocycles. The molecule has 0 saturated heterocycles. The number of furan rings is 1. The highest BCUT2D eigenvalue weighted by Gasteiger charge is 2.07. The second kappa shape index (κ2) is 9.22. The number of likely N-dealkylation sites (N-methyl/N-ethyl adjacent to an activating group) is 1. The number of carbonyl (C=O) groups excluding carboxylic acids is 2. The molecule has 0 bridgehead atoms. The molecule has 25 heavy (non-hydrogen) atoms. The molecule has 0 aliphatic heterocycles. The van der Waals surface area contributed by atoms with Crippen molar-refractivity contribution in [3.8, 4) is 0 Å². The van der Waals surface area contributed by atoms with Crippen LogP contribution in [-0.2, 0) is 27.3 Å². The third kappa shape index (κ3) is 6.23. The molecule has 0 N–H and O–H groups in total. The standard InChI is InChI=1S/C19H20BrNO4/c1-21(13-14-3-5-15(20)6-4-14)18(22)11-9-16-7-8-17(25-16)10-12-19(23)24-2/h3-9,11H,10,12-13H2,1-2H3/b11-9+. The number of hydrogen-bond donors (Lipinski definition) is 0. The Morgan fingerprint density at radius 1 is 1.20 bits per heavy atom. The molecule has 0 radical (unpaired) electrons. The van der Waals surface area contributed by atoms with Crippen molar-refractivity contribution in [1.82, 2.24) is 4.90 Å². The van der Waals surface area contributed by atoms with E-state index in [-0.39, 0.29) is 18.3 Å². The van der Waals surface area contributed by atoms with Gasteiger partial charge in [0.2, 0.25) is 5.91 Å². The molecule has 6 heteroatoms. The van der Waals surface area contributed by atoms with Crippen LogP contribution in [0.1, 0.15) is 23.5 Å². The summed E-state index contributed by atoms with van der Waals surface area (Å²) in [5.74, 6) is 0.861. The fourth-order valence-corrected chi connectivity index (χ4v) is 2.43. The first-order valence-corrected chi connectivity index (χ1v) is 8.60. The predicted octanol–water partition coefficient (Wildman–Crippen LogP) is 3.82. The normalized spacial score (nSPS) is 10.8. The Kier molecular flexibility index (Phi) is 7.01. The van der Waals surface area contributed by atoms with Gasteiger partial charge in [-0.15, -0.1) is 0 Å². The summed E-state index contributed by atoms with van der Waals surface area (Å²) in [4.78, 5) is 24.9. The number of ether oxygens (including phenoxy) is 1. The van der Waals surface area contributed by atoms with E-state index in [0.717, 1.165) is 10.0 Å². The molecule has 1 amide bonds. The largest absolute Gasteiger partial charge is 0.469 e. The molecule has 1 aromatic carbocycles. The number of aryl methyl sites for hydroxylation is 1. The van der Waals surface area contributed by atoms with E-state index in [1.165, 1.54) is 13.2 Å². The van der Waals surface area contributed by atoms with Gasteiger partial charge in [0.15, 0.2) is 0 Å². The van der Waals surface area contributed by atoms with Crippen LogP contribution < -0.4 is 0 Å². The van der Waals surface area contributed by atoms with Crippen molar-refractivity contribution in [2.45, 2.75) is 19.4 Å². The zero-order valence-corrected chi connectivity index (χ0v) is 15.8. The highest BCUT2D eigenvalue weighted by molar-refractivity contribution is 9.10. The highest BCUT2D eigenvalue weighted by Crippen LogP contribution is 2.14. The lowest BCUT2D eigenvalue weighted by Crippen LogP contribution is -2.24. The molecular formula is C19H20BrNO4. The third-order valence-electron chi connectivity index (χ3n) is 3.59. The molecule has 5 nitrogen and oxygen atoms in total. The van der Waals surface area contributed by atoms with E-state index in [0.29, 0.717) is 24.5 Å². The summed E-state index contributed by atoms with van der Waals surface area (Å²) in [7, 11) is 3.10. The molecule has 132 valence electrons. The summed E-state index contributed by atoms with van der Waals surface area (Å²) >= 11 is 3.39. The lowest BCUT2D eigenvalue weighted by molar-refractivity contribution is -0.140. The van der Waals surface area contributed by atoms with Gasteiger partial charge in [-0.3, -0.25) is 9.59 Å². The average molecular weight is 406 g/mol. The summed E-state index contributed by atoms with van der Waals surface area (Å²) in [5.41, 5.74) is 1.05. The van der Waals surface area contributed by atoms with Crippen molar-refractivity contribution >= 4 is 33.9 Å². The average Bonchev–Trinajstić information content (AvgIpc) is 3.07. The second-order valence-electron chi connectivity index (χ2n) is 5.53. The number of benzene rings is 1. The van der Waals surface area contributed by atoms with Crippen LogP contribution in [0.2, 0.25) is 0 Å². The van der Waals surface area contributed by atoms with E-state index in [1.807, 2.05) is 24.3 Å². The van der Waals surface area contributed by atoms with E-state index in [4.69, 9.17) is 4.42 Å². The Bertz CT molecular complexity index is 749. The van der Waals surface area contributed by atoms with Crippen LogP contribution in [0.5, 0.6) is 0 Å². The molecule has 0 saturated carbocycles. The lowest BCUT2D eigenvalue weighted by atomic mass is 10.2. The van der Waals surface area contributed by atoms with Gasteiger partial charge in [0.25, 0.3) is 0 Å². The van der Waals surface area contributed by atoms with Gasteiger partial charge >= 0.3 is 5.97 Å². The number of hydrogen-bond acceptors (Lipinski definition) is 4. The minimum Gasteiger partial charge on any atom is -0.469 e. The Labute approximate surface area is 155 Å². The van der Waals surface area contributed by atoms with Gasteiger partial charge in [0.05, 0.1) is 13.5 Å². The molecule has 1 aromatic heterocycles. The van der Waals surface area contributed by atoms with Crippen LogP contribution in [0, 0.1) is 0 Å². The quantitative estimate of drug-likeness (QED) is 0.518. The SMILES string of the molecule is COC(=O)CCc1ccc(/C=C/C(=O)N(C)Cc2ccc(Br)cc2)o1. The number of amides is 1. The number of rotatable bonds is 7. The maximum Gasteiger partial charge on any atom is 0.305 e. The second-order valence-corrected chi connectivity index (χ2v) is 6.45. The molecule has 0 spiro atoms. The zero-order valence-electron chi connectivity index (χ0n) is 14.2. The number of methoxy groups -OCH3 is 1. The molecule has 0 aliphatic carbocycles. The fourth-order valence-electron chi connectivity index (χ4n) is 2.17. The molecule has 2 aromatic rings. The molecule has 0 fully saturated rings. The minimum absolute atomic E-state index is 0.115. The first-order valence-electron chi connectivity index (χ1n) is 7.81. The van der Waals surface area contributed by atoms with E-state index >= 15 is 0 Å². The van der Waals surface area contributed by atoms with Gasteiger partial charge in [-0.1, -0.05) is 28.1 Å². The molecule has 0 atom stereocenters. The first-order chi connectivity index (χ1) is 12.0. The highest BCUT2D eigenvalue weighted by atomic mass is 79.9. The Morgan fingerprint density at radius 2 is 1.92 bits per heavy atom.